The van der Waals surface area contributed by atoms with Crippen LogP contribution in [0.3, 0.4) is 0 Å². The lowest BCUT2D eigenvalue weighted by Crippen LogP contribution is -2.34. The number of para-hydroxylation sites is 1. The molecule has 0 fully saturated rings. The largest absolute Gasteiger partial charge is 0.425 e. The normalized spacial score (nSPS) is 12.6. The Morgan fingerprint density at radius 2 is 1.72 bits per heavy atom. The summed E-state index contributed by atoms with van der Waals surface area (Å²) in [6, 6.07) is 14.2. The van der Waals surface area contributed by atoms with E-state index >= 15 is 0 Å². The van der Waals surface area contributed by atoms with Gasteiger partial charge in [-0.2, -0.15) is 8.42 Å². The third-order valence-corrected chi connectivity index (χ3v) is 4.80. The maximum Gasteiger partial charge on any atom is 0.328 e. The Bertz CT molecular complexity index is 788. The average molecular weight is 363 g/mol. The lowest BCUT2D eigenvalue weighted by atomic mass is 10.2. The van der Waals surface area contributed by atoms with Crippen molar-refractivity contribution in [2.24, 2.45) is 5.73 Å². The minimum absolute atomic E-state index is 0.0530. The molecule has 0 amide bonds. The van der Waals surface area contributed by atoms with Crippen molar-refractivity contribution in [3.63, 3.8) is 0 Å². The zero-order valence-electron chi connectivity index (χ0n) is 13.9. The number of aryl methyl sites for hydroxylation is 1. The molecule has 0 radical (unpaired) electrons. The minimum Gasteiger partial charge on any atom is -0.425 e. The summed E-state index contributed by atoms with van der Waals surface area (Å²) in [5.74, 6) is -0.145. The summed E-state index contributed by atoms with van der Waals surface area (Å²) in [7, 11) is -3.80. The number of rotatable bonds is 8. The molecular formula is C18H21NO5S. The van der Waals surface area contributed by atoms with Gasteiger partial charge in [0.2, 0.25) is 0 Å². The smallest absolute Gasteiger partial charge is 0.328 e. The van der Waals surface area contributed by atoms with Gasteiger partial charge in [0, 0.05) is 0 Å². The Kier molecular flexibility index (Phi) is 6.69. The molecule has 0 spiro atoms. The van der Waals surface area contributed by atoms with E-state index in [2.05, 4.69) is 0 Å². The van der Waals surface area contributed by atoms with Gasteiger partial charge in [-0.25, -0.2) is 4.79 Å². The van der Waals surface area contributed by atoms with Crippen LogP contribution < -0.4 is 10.5 Å². The second-order valence-electron chi connectivity index (χ2n) is 5.57. The molecule has 0 saturated heterocycles. The molecule has 25 heavy (non-hydrogen) atoms. The maximum atomic E-state index is 12.0. The second kappa shape index (κ2) is 8.75. The van der Waals surface area contributed by atoms with Crippen LogP contribution in [0.5, 0.6) is 5.75 Å². The van der Waals surface area contributed by atoms with Gasteiger partial charge in [0.05, 0.1) is 11.5 Å². The van der Waals surface area contributed by atoms with Crippen molar-refractivity contribution >= 4 is 16.1 Å². The van der Waals surface area contributed by atoms with Crippen molar-refractivity contribution in [3.05, 3.63) is 60.2 Å². The number of hydrogen-bond donors (Lipinski definition) is 1. The van der Waals surface area contributed by atoms with E-state index < -0.39 is 22.1 Å². The molecule has 2 aromatic carbocycles. The Morgan fingerprint density at radius 3 is 2.36 bits per heavy atom. The van der Waals surface area contributed by atoms with Gasteiger partial charge in [-0.05, 0) is 44.0 Å². The first-order valence-electron chi connectivity index (χ1n) is 7.87. The van der Waals surface area contributed by atoms with Crippen LogP contribution in [0.1, 0.15) is 18.4 Å². The molecule has 0 aliphatic rings. The summed E-state index contributed by atoms with van der Waals surface area (Å²) in [5, 5.41) is 0. The number of nitrogens with two attached hydrogens (primary N) is 1. The van der Waals surface area contributed by atoms with E-state index in [0.29, 0.717) is 12.2 Å². The molecule has 2 rings (SSSR count). The van der Waals surface area contributed by atoms with Crippen LogP contribution in [0.15, 0.2) is 59.5 Å². The summed E-state index contributed by atoms with van der Waals surface area (Å²) in [5.41, 5.74) is 6.72. The van der Waals surface area contributed by atoms with Gasteiger partial charge >= 0.3 is 5.97 Å². The number of benzene rings is 2. The molecule has 0 aliphatic heterocycles. The topological polar surface area (TPSA) is 95.7 Å². The standard InChI is InChI=1S/C18H21NO5S/c1-14-9-11-16(12-10-14)25(21,22)23-13-5-8-17(19)18(20)24-15-6-3-2-4-7-15/h2-4,6-7,9-12,17H,5,8,13,19H2,1H3/t17-/m0/s1. The number of ether oxygens (including phenoxy) is 1. The van der Waals surface area contributed by atoms with Gasteiger partial charge in [-0.1, -0.05) is 35.9 Å². The molecule has 0 saturated carbocycles. The Balaban J connectivity index is 1.76. The van der Waals surface area contributed by atoms with E-state index in [-0.39, 0.29) is 17.9 Å². The summed E-state index contributed by atoms with van der Waals surface area (Å²) >= 11 is 0. The van der Waals surface area contributed by atoms with Crippen molar-refractivity contribution in [3.8, 4) is 5.75 Å². The van der Waals surface area contributed by atoms with Gasteiger partial charge in [0.25, 0.3) is 10.1 Å². The highest BCUT2D eigenvalue weighted by atomic mass is 32.2. The Labute approximate surface area is 147 Å². The summed E-state index contributed by atoms with van der Waals surface area (Å²) in [6.07, 6.45) is 0.575. The molecule has 134 valence electrons. The van der Waals surface area contributed by atoms with E-state index in [1.54, 1.807) is 36.4 Å². The molecule has 6 nitrogen and oxygen atoms in total. The van der Waals surface area contributed by atoms with Crippen molar-refractivity contribution in [1.29, 1.82) is 0 Å². The summed E-state index contributed by atoms with van der Waals surface area (Å²) in [6.45, 7) is 1.82. The van der Waals surface area contributed by atoms with Gasteiger partial charge in [-0.15, -0.1) is 0 Å². The fourth-order valence-corrected chi connectivity index (χ4v) is 2.99. The molecule has 0 bridgehead atoms. The van der Waals surface area contributed by atoms with Crippen molar-refractivity contribution in [1.82, 2.24) is 0 Å². The van der Waals surface area contributed by atoms with Crippen LogP contribution in [-0.2, 0) is 19.1 Å². The number of esters is 1. The Morgan fingerprint density at radius 1 is 1.08 bits per heavy atom. The predicted octanol–water partition coefficient (Wildman–Crippen LogP) is 2.41. The quantitative estimate of drug-likeness (QED) is 0.335. The average Bonchev–Trinajstić information content (AvgIpc) is 2.59. The first-order valence-corrected chi connectivity index (χ1v) is 9.28. The summed E-state index contributed by atoms with van der Waals surface area (Å²) in [4.78, 5) is 12.0. The fourth-order valence-electron chi connectivity index (χ4n) is 2.04. The van der Waals surface area contributed by atoms with Crippen LogP contribution in [-0.4, -0.2) is 27.0 Å². The lowest BCUT2D eigenvalue weighted by molar-refractivity contribution is -0.136. The molecule has 2 aromatic rings. The number of hydrogen-bond acceptors (Lipinski definition) is 6. The van der Waals surface area contributed by atoms with E-state index in [0.717, 1.165) is 5.56 Å². The molecule has 2 N–H and O–H groups in total. The zero-order valence-corrected chi connectivity index (χ0v) is 14.7. The molecule has 0 aliphatic carbocycles. The first-order chi connectivity index (χ1) is 11.9. The maximum absolute atomic E-state index is 12.0. The molecule has 0 unspecified atom stereocenters. The van der Waals surface area contributed by atoms with Crippen molar-refractivity contribution in [2.75, 3.05) is 6.61 Å². The second-order valence-corrected chi connectivity index (χ2v) is 7.19. The highest BCUT2D eigenvalue weighted by molar-refractivity contribution is 7.86. The van der Waals surface area contributed by atoms with Crippen molar-refractivity contribution in [2.45, 2.75) is 30.7 Å². The fraction of sp³-hybridized carbons (Fsp3) is 0.278. The third-order valence-electron chi connectivity index (χ3n) is 3.47. The lowest BCUT2D eigenvalue weighted by Gasteiger charge is -2.11. The van der Waals surface area contributed by atoms with E-state index in [9.17, 15) is 13.2 Å². The predicted molar refractivity (Wildman–Crippen MR) is 93.6 cm³/mol. The van der Waals surface area contributed by atoms with Crippen LogP contribution in [0.2, 0.25) is 0 Å². The van der Waals surface area contributed by atoms with E-state index in [1.165, 1.54) is 12.1 Å². The van der Waals surface area contributed by atoms with Crippen LogP contribution in [0.4, 0.5) is 0 Å². The first kappa shape index (κ1) is 19.1. The molecule has 7 heteroatoms. The van der Waals surface area contributed by atoms with E-state index in [1.807, 2.05) is 13.0 Å². The molecular weight excluding hydrogens is 342 g/mol. The molecule has 1 atom stereocenters. The van der Waals surface area contributed by atoms with Gasteiger partial charge in [0.15, 0.2) is 0 Å². The Hall–Kier alpha value is -2.22. The van der Waals surface area contributed by atoms with Gasteiger partial charge in [-0.3, -0.25) is 4.18 Å². The van der Waals surface area contributed by atoms with Gasteiger partial charge in [0.1, 0.15) is 11.8 Å². The highest BCUT2D eigenvalue weighted by Crippen LogP contribution is 2.14. The van der Waals surface area contributed by atoms with Crippen LogP contribution in [0, 0.1) is 6.92 Å². The van der Waals surface area contributed by atoms with Crippen LogP contribution >= 0.6 is 0 Å². The SMILES string of the molecule is Cc1ccc(S(=O)(=O)OCCC[C@H](N)C(=O)Oc2ccccc2)cc1. The van der Waals surface area contributed by atoms with Crippen molar-refractivity contribution < 1.29 is 22.1 Å². The van der Waals surface area contributed by atoms with Gasteiger partial charge < -0.3 is 10.5 Å². The zero-order chi connectivity index (χ0) is 18.3. The summed E-state index contributed by atoms with van der Waals surface area (Å²) < 4.78 is 34.1. The highest BCUT2D eigenvalue weighted by Gasteiger charge is 2.18. The molecule has 0 aromatic heterocycles. The monoisotopic (exact) mass is 363 g/mol. The number of carbonyl (C=O) groups is 1. The van der Waals surface area contributed by atoms with E-state index in [4.69, 9.17) is 14.7 Å². The third kappa shape index (κ3) is 5.97. The molecule has 0 heterocycles. The minimum atomic E-state index is -3.80. The number of carbonyl (C=O) groups excluding carboxylic acids is 1. The van der Waals surface area contributed by atoms with Crippen LogP contribution in [0.25, 0.3) is 0 Å².